The minimum Gasteiger partial charge on any atom is -0.339 e. The Bertz CT molecular complexity index is 603. The molecule has 6 heteroatoms. The first-order valence-electron chi connectivity index (χ1n) is 7.77. The monoisotopic (exact) mass is 324 g/mol. The number of rotatable bonds is 5. The highest BCUT2D eigenvalue weighted by Crippen LogP contribution is 2.15. The van der Waals surface area contributed by atoms with Gasteiger partial charge in [0.25, 0.3) is 5.91 Å². The van der Waals surface area contributed by atoms with E-state index in [0.717, 1.165) is 5.56 Å². The number of carbonyl (C=O) groups is 1. The average molecular weight is 324 g/mol. The van der Waals surface area contributed by atoms with Crippen LogP contribution in [0.3, 0.4) is 0 Å². The second-order valence-electron chi connectivity index (χ2n) is 5.87. The Labute approximate surface area is 132 Å². The van der Waals surface area contributed by atoms with Crippen molar-refractivity contribution in [1.82, 2.24) is 9.62 Å². The van der Waals surface area contributed by atoms with Gasteiger partial charge in [-0.1, -0.05) is 24.6 Å². The van der Waals surface area contributed by atoms with Crippen LogP contribution < -0.4 is 4.72 Å². The van der Waals surface area contributed by atoms with Crippen molar-refractivity contribution in [2.75, 3.05) is 18.8 Å². The van der Waals surface area contributed by atoms with Gasteiger partial charge in [0, 0.05) is 24.7 Å². The zero-order valence-corrected chi connectivity index (χ0v) is 14.0. The second-order valence-corrected chi connectivity index (χ2v) is 7.74. The summed E-state index contributed by atoms with van der Waals surface area (Å²) in [5.41, 5.74) is 1.82. The molecule has 0 unspecified atom stereocenters. The van der Waals surface area contributed by atoms with Crippen LogP contribution in [-0.2, 0) is 10.0 Å². The lowest BCUT2D eigenvalue weighted by Gasteiger charge is -2.32. The molecule has 1 aromatic carbocycles. The number of hydrogen-bond acceptors (Lipinski definition) is 3. The lowest BCUT2D eigenvalue weighted by atomic mass is 10.0. The maximum absolute atomic E-state index is 12.4. The van der Waals surface area contributed by atoms with E-state index in [1.165, 1.54) is 0 Å². The van der Waals surface area contributed by atoms with E-state index in [1.54, 1.807) is 4.90 Å². The number of nitrogens with one attached hydrogen (secondary N) is 1. The van der Waals surface area contributed by atoms with Gasteiger partial charge in [0.2, 0.25) is 10.0 Å². The Hall–Kier alpha value is -1.40. The largest absolute Gasteiger partial charge is 0.339 e. The topological polar surface area (TPSA) is 66.5 Å². The minimum atomic E-state index is -3.18. The molecule has 1 fully saturated rings. The average Bonchev–Trinajstić information content (AvgIpc) is 2.47. The number of amides is 1. The van der Waals surface area contributed by atoms with Crippen LogP contribution in [0.2, 0.25) is 0 Å². The van der Waals surface area contributed by atoms with Gasteiger partial charge in [0.05, 0.1) is 5.75 Å². The molecule has 0 saturated carbocycles. The lowest BCUT2D eigenvalue weighted by molar-refractivity contribution is 0.0711. The Morgan fingerprint density at radius 1 is 1.23 bits per heavy atom. The lowest BCUT2D eigenvalue weighted by Crippen LogP contribution is -2.46. The van der Waals surface area contributed by atoms with Gasteiger partial charge in [0.15, 0.2) is 0 Å². The van der Waals surface area contributed by atoms with E-state index in [1.807, 2.05) is 38.1 Å². The summed E-state index contributed by atoms with van der Waals surface area (Å²) >= 11 is 0. The molecule has 0 radical (unpaired) electrons. The van der Waals surface area contributed by atoms with Crippen LogP contribution in [0.25, 0.3) is 0 Å². The molecule has 0 atom stereocenters. The van der Waals surface area contributed by atoms with Gasteiger partial charge < -0.3 is 4.90 Å². The van der Waals surface area contributed by atoms with E-state index in [-0.39, 0.29) is 17.7 Å². The summed E-state index contributed by atoms with van der Waals surface area (Å²) < 4.78 is 26.3. The molecule has 1 heterocycles. The summed E-state index contributed by atoms with van der Waals surface area (Å²) in [5, 5.41) is 0. The van der Waals surface area contributed by atoms with E-state index in [4.69, 9.17) is 0 Å². The SMILES string of the molecule is CCCS(=O)(=O)NC1CCN(C(=O)c2ccc(C)cc2)CC1. The Kier molecular flexibility index (Phi) is 5.58. The zero-order chi connectivity index (χ0) is 16.2. The van der Waals surface area contributed by atoms with Crippen molar-refractivity contribution in [3.8, 4) is 0 Å². The van der Waals surface area contributed by atoms with Crippen LogP contribution in [-0.4, -0.2) is 44.1 Å². The molecular weight excluding hydrogens is 300 g/mol. The van der Waals surface area contributed by atoms with Gasteiger partial charge >= 0.3 is 0 Å². The van der Waals surface area contributed by atoms with Crippen molar-refractivity contribution in [2.24, 2.45) is 0 Å². The smallest absolute Gasteiger partial charge is 0.253 e. The van der Waals surface area contributed by atoms with Crippen molar-refractivity contribution in [1.29, 1.82) is 0 Å². The van der Waals surface area contributed by atoms with Crippen LogP contribution in [0.1, 0.15) is 42.1 Å². The van der Waals surface area contributed by atoms with Crippen molar-refractivity contribution < 1.29 is 13.2 Å². The third-order valence-electron chi connectivity index (χ3n) is 3.90. The van der Waals surface area contributed by atoms with Crippen molar-refractivity contribution >= 4 is 15.9 Å². The number of nitrogens with zero attached hydrogens (tertiary/aromatic N) is 1. The number of piperidine rings is 1. The summed E-state index contributed by atoms with van der Waals surface area (Å²) in [6.07, 6.45) is 1.95. The summed E-state index contributed by atoms with van der Waals surface area (Å²) in [7, 11) is -3.18. The zero-order valence-electron chi connectivity index (χ0n) is 13.2. The van der Waals surface area contributed by atoms with Crippen LogP contribution in [0.4, 0.5) is 0 Å². The molecule has 0 aliphatic carbocycles. The molecule has 22 heavy (non-hydrogen) atoms. The second kappa shape index (κ2) is 7.24. The summed E-state index contributed by atoms with van der Waals surface area (Å²) in [5.74, 6) is 0.185. The van der Waals surface area contributed by atoms with Crippen molar-refractivity contribution in [3.05, 3.63) is 35.4 Å². The number of sulfonamides is 1. The fourth-order valence-corrected chi connectivity index (χ4v) is 4.06. The summed E-state index contributed by atoms with van der Waals surface area (Å²) in [6, 6.07) is 7.48. The summed E-state index contributed by atoms with van der Waals surface area (Å²) in [6.45, 7) is 5.02. The Balaban J connectivity index is 1.89. The van der Waals surface area contributed by atoms with Crippen LogP contribution >= 0.6 is 0 Å². The fourth-order valence-electron chi connectivity index (χ4n) is 2.66. The Morgan fingerprint density at radius 2 is 1.82 bits per heavy atom. The predicted octanol–water partition coefficient (Wildman–Crippen LogP) is 1.93. The molecule has 0 aromatic heterocycles. The van der Waals surface area contributed by atoms with E-state index >= 15 is 0 Å². The molecule has 1 amide bonds. The fraction of sp³-hybridized carbons (Fsp3) is 0.562. The van der Waals surface area contributed by atoms with E-state index in [2.05, 4.69) is 4.72 Å². The third-order valence-corrected chi connectivity index (χ3v) is 5.54. The molecule has 0 bridgehead atoms. The maximum atomic E-state index is 12.4. The first kappa shape index (κ1) is 17.0. The maximum Gasteiger partial charge on any atom is 0.253 e. The highest BCUT2D eigenvalue weighted by molar-refractivity contribution is 7.89. The first-order chi connectivity index (χ1) is 10.4. The van der Waals surface area contributed by atoms with Gasteiger partial charge in [-0.2, -0.15) is 0 Å². The van der Waals surface area contributed by atoms with Crippen LogP contribution in [0.15, 0.2) is 24.3 Å². The predicted molar refractivity (Wildman–Crippen MR) is 87.3 cm³/mol. The number of carbonyl (C=O) groups excluding carboxylic acids is 1. The highest BCUT2D eigenvalue weighted by Gasteiger charge is 2.26. The van der Waals surface area contributed by atoms with Gasteiger partial charge in [-0.05, 0) is 38.3 Å². The van der Waals surface area contributed by atoms with Gasteiger partial charge in [-0.25, -0.2) is 13.1 Å². The van der Waals surface area contributed by atoms with Gasteiger partial charge in [-0.3, -0.25) is 4.79 Å². The van der Waals surface area contributed by atoms with E-state index in [0.29, 0.717) is 37.9 Å². The molecule has 122 valence electrons. The number of aryl methyl sites for hydroxylation is 1. The number of hydrogen-bond donors (Lipinski definition) is 1. The number of benzene rings is 1. The van der Waals surface area contributed by atoms with Gasteiger partial charge in [-0.15, -0.1) is 0 Å². The minimum absolute atomic E-state index is 0.0230. The Morgan fingerprint density at radius 3 is 2.36 bits per heavy atom. The molecule has 1 aliphatic heterocycles. The molecule has 1 aromatic rings. The van der Waals surface area contributed by atoms with Crippen LogP contribution in [0, 0.1) is 6.92 Å². The molecule has 0 spiro atoms. The molecule has 5 nitrogen and oxygen atoms in total. The summed E-state index contributed by atoms with van der Waals surface area (Å²) in [4.78, 5) is 14.2. The molecule has 1 N–H and O–H groups in total. The van der Waals surface area contributed by atoms with Gasteiger partial charge in [0.1, 0.15) is 0 Å². The van der Waals surface area contributed by atoms with E-state index < -0.39 is 10.0 Å². The normalized spacial score (nSPS) is 16.7. The third kappa shape index (κ3) is 4.55. The highest BCUT2D eigenvalue weighted by atomic mass is 32.2. The van der Waals surface area contributed by atoms with Crippen molar-refractivity contribution in [3.63, 3.8) is 0 Å². The molecule has 1 aliphatic rings. The molecular formula is C16H24N2O3S. The standard InChI is InChI=1S/C16H24N2O3S/c1-3-12-22(20,21)17-15-8-10-18(11-9-15)16(19)14-6-4-13(2)5-7-14/h4-7,15,17H,3,8-12H2,1-2H3. The quantitative estimate of drug-likeness (QED) is 0.900. The number of likely N-dealkylation sites (tertiary alicyclic amines) is 1. The molecule has 2 rings (SSSR count). The first-order valence-corrected chi connectivity index (χ1v) is 9.42. The van der Waals surface area contributed by atoms with Crippen molar-refractivity contribution in [2.45, 2.75) is 39.2 Å². The molecule has 1 saturated heterocycles. The van der Waals surface area contributed by atoms with E-state index in [9.17, 15) is 13.2 Å². The van der Waals surface area contributed by atoms with Crippen LogP contribution in [0.5, 0.6) is 0 Å².